The standard InChI is InChI=1S/C23H25N3OS2/c1-15(2)14-17-8-10-18(11-9-17)21(19-6-4-12-28-19)24-16(3)22-25-26-23(27-22)20-7-5-13-29-20/h4-13,15-16,21,24H,14H2,1-3H3/t16-,21+/m1/s1. The Balaban J connectivity index is 1.55. The van der Waals surface area contributed by atoms with E-state index >= 15 is 0 Å². The van der Waals surface area contributed by atoms with E-state index in [9.17, 15) is 0 Å². The van der Waals surface area contributed by atoms with Gasteiger partial charge in [0.25, 0.3) is 5.89 Å². The van der Waals surface area contributed by atoms with Crippen molar-refractivity contribution in [2.45, 2.75) is 39.3 Å². The summed E-state index contributed by atoms with van der Waals surface area (Å²) < 4.78 is 5.94. The second-order valence-electron chi connectivity index (χ2n) is 7.60. The SMILES string of the molecule is CC(C)Cc1ccc([C@H](N[C@H](C)c2nnc(-c3cccs3)o2)c2cccs2)cc1. The molecule has 0 bridgehead atoms. The van der Waals surface area contributed by atoms with E-state index in [0.29, 0.717) is 17.7 Å². The summed E-state index contributed by atoms with van der Waals surface area (Å²) in [6.07, 6.45) is 1.10. The molecule has 4 rings (SSSR count). The molecule has 0 amide bonds. The van der Waals surface area contributed by atoms with Gasteiger partial charge in [-0.2, -0.15) is 0 Å². The zero-order valence-corrected chi connectivity index (χ0v) is 18.5. The zero-order chi connectivity index (χ0) is 20.2. The predicted octanol–water partition coefficient (Wildman–Crippen LogP) is 6.50. The predicted molar refractivity (Wildman–Crippen MR) is 120 cm³/mol. The highest BCUT2D eigenvalue weighted by Gasteiger charge is 2.22. The average molecular weight is 424 g/mol. The summed E-state index contributed by atoms with van der Waals surface area (Å²) in [7, 11) is 0. The normalized spacial score (nSPS) is 13.7. The quantitative estimate of drug-likeness (QED) is 0.351. The van der Waals surface area contributed by atoms with Gasteiger partial charge in [-0.15, -0.1) is 32.9 Å². The number of benzene rings is 1. The van der Waals surface area contributed by atoms with Crippen molar-refractivity contribution in [1.82, 2.24) is 15.5 Å². The van der Waals surface area contributed by atoms with Gasteiger partial charge in [0, 0.05) is 4.88 Å². The lowest BCUT2D eigenvalue weighted by Gasteiger charge is -2.21. The molecule has 2 atom stereocenters. The number of aromatic nitrogens is 2. The molecule has 6 heteroatoms. The minimum atomic E-state index is -0.0707. The number of nitrogens with one attached hydrogen (secondary N) is 1. The van der Waals surface area contributed by atoms with Crippen LogP contribution >= 0.6 is 22.7 Å². The van der Waals surface area contributed by atoms with E-state index < -0.39 is 0 Å². The van der Waals surface area contributed by atoms with Gasteiger partial charge >= 0.3 is 0 Å². The van der Waals surface area contributed by atoms with Crippen molar-refractivity contribution in [3.63, 3.8) is 0 Å². The molecule has 150 valence electrons. The molecule has 1 aromatic carbocycles. The number of hydrogen-bond donors (Lipinski definition) is 1. The molecule has 3 aromatic heterocycles. The van der Waals surface area contributed by atoms with Crippen LogP contribution in [0.2, 0.25) is 0 Å². The average Bonchev–Trinajstić information content (AvgIpc) is 3.48. The van der Waals surface area contributed by atoms with Crippen LogP contribution in [0, 0.1) is 5.92 Å². The third-order valence-corrected chi connectivity index (χ3v) is 6.54. The first kappa shape index (κ1) is 20.0. The molecule has 0 saturated carbocycles. The Morgan fingerprint density at radius 1 is 0.931 bits per heavy atom. The molecule has 0 aliphatic carbocycles. The molecular weight excluding hydrogens is 398 g/mol. The highest BCUT2D eigenvalue weighted by molar-refractivity contribution is 7.13. The molecule has 0 unspecified atom stereocenters. The van der Waals surface area contributed by atoms with Gasteiger partial charge < -0.3 is 4.42 Å². The van der Waals surface area contributed by atoms with Crippen molar-refractivity contribution in [2.24, 2.45) is 5.92 Å². The second-order valence-corrected chi connectivity index (χ2v) is 9.53. The highest BCUT2D eigenvalue weighted by atomic mass is 32.1. The summed E-state index contributed by atoms with van der Waals surface area (Å²) >= 11 is 3.35. The fourth-order valence-corrected chi connectivity index (χ4v) is 4.80. The van der Waals surface area contributed by atoms with Crippen LogP contribution in [-0.2, 0) is 6.42 Å². The summed E-state index contributed by atoms with van der Waals surface area (Å²) in [6.45, 7) is 6.57. The summed E-state index contributed by atoms with van der Waals surface area (Å²) in [5.41, 5.74) is 2.61. The summed E-state index contributed by atoms with van der Waals surface area (Å²) in [5.74, 6) is 1.84. The minimum Gasteiger partial charge on any atom is -0.418 e. The molecule has 0 aliphatic heterocycles. The van der Waals surface area contributed by atoms with Gasteiger partial charge in [-0.05, 0) is 53.3 Å². The van der Waals surface area contributed by atoms with Gasteiger partial charge in [0.05, 0.1) is 17.0 Å². The Kier molecular flexibility index (Phi) is 6.23. The van der Waals surface area contributed by atoms with Gasteiger partial charge in [0.1, 0.15) is 0 Å². The lowest BCUT2D eigenvalue weighted by Crippen LogP contribution is -2.25. The lowest BCUT2D eigenvalue weighted by molar-refractivity contribution is 0.405. The Hall–Kier alpha value is -2.28. The lowest BCUT2D eigenvalue weighted by atomic mass is 9.98. The van der Waals surface area contributed by atoms with Crippen molar-refractivity contribution in [3.05, 3.63) is 81.2 Å². The van der Waals surface area contributed by atoms with E-state index in [0.717, 1.165) is 11.3 Å². The Bertz CT molecular complexity index is 1010. The number of rotatable bonds is 8. The molecule has 0 spiro atoms. The molecule has 29 heavy (non-hydrogen) atoms. The van der Waals surface area contributed by atoms with Crippen molar-refractivity contribution in [3.8, 4) is 10.8 Å². The first-order chi connectivity index (χ1) is 14.1. The maximum absolute atomic E-state index is 5.94. The molecule has 0 saturated heterocycles. The van der Waals surface area contributed by atoms with Crippen molar-refractivity contribution < 1.29 is 4.42 Å². The highest BCUT2D eigenvalue weighted by Crippen LogP contribution is 2.30. The molecule has 1 N–H and O–H groups in total. The number of hydrogen-bond acceptors (Lipinski definition) is 6. The molecular formula is C23H25N3OS2. The minimum absolute atomic E-state index is 0.0707. The third kappa shape index (κ3) is 4.83. The van der Waals surface area contributed by atoms with E-state index in [2.05, 4.69) is 78.1 Å². The van der Waals surface area contributed by atoms with Gasteiger partial charge in [0.2, 0.25) is 5.89 Å². The monoisotopic (exact) mass is 423 g/mol. The van der Waals surface area contributed by atoms with E-state index in [-0.39, 0.29) is 12.1 Å². The van der Waals surface area contributed by atoms with E-state index in [4.69, 9.17) is 4.42 Å². The van der Waals surface area contributed by atoms with Crippen LogP contribution in [0.5, 0.6) is 0 Å². The topological polar surface area (TPSA) is 51.0 Å². The number of thiophene rings is 2. The molecule has 0 fully saturated rings. The Morgan fingerprint density at radius 3 is 2.34 bits per heavy atom. The first-order valence-corrected chi connectivity index (χ1v) is 11.6. The summed E-state index contributed by atoms with van der Waals surface area (Å²) in [6, 6.07) is 17.2. The number of nitrogens with zero attached hydrogens (tertiary/aromatic N) is 2. The van der Waals surface area contributed by atoms with E-state index in [1.165, 1.54) is 16.0 Å². The van der Waals surface area contributed by atoms with Crippen LogP contribution in [0.4, 0.5) is 0 Å². The molecule has 0 radical (unpaired) electrons. The van der Waals surface area contributed by atoms with Crippen molar-refractivity contribution in [1.29, 1.82) is 0 Å². The largest absolute Gasteiger partial charge is 0.418 e. The first-order valence-electron chi connectivity index (χ1n) is 9.85. The molecule has 0 aliphatic rings. The van der Waals surface area contributed by atoms with Crippen LogP contribution in [0.3, 0.4) is 0 Å². The Labute approximate surface area is 179 Å². The van der Waals surface area contributed by atoms with Gasteiger partial charge in [-0.3, -0.25) is 5.32 Å². The third-order valence-electron chi connectivity index (χ3n) is 4.74. The van der Waals surface area contributed by atoms with Gasteiger partial charge in [-0.1, -0.05) is 50.2 Å². The molecule has 4 nitrogen and oxygen atoms in total. The van der Waals surface area contributed by atoms with Gasteiger partial charge in [-0.25, -0.2) is 0 Å². The maximum Gasteiger partial charge on any atom is 0.257 e. The maximum atomic E-state index is 5.94. The van der Waals surface area contributed by atoms with Crippen molar-refractivity contribution >= 4 is 22.7 Å². The fraction of sp³-hybridized carbons (Fsp3) is 0.304. The summed E-state index contributed by atoms with van der Waals surface area (Å²) in [4.78, 5) is 2.26. The fourth-order valence-electron chi connectivity index (χ4n) is 3.35. The Morgan fingerprint density at radius 2 is 1.69 bits per heavy atom. The molecule has 4 aromatic rings. The van der Waals surface area contributed by atoms with E-state index in [1.807, 2.05) is 17.5 Å². The zero-order valence-electron chi connectivity index (χ0n) is 16.8. The van der Waals surface area contributed by atoms with Crippen LogP contribution in [0.25, 0.3) is 10.8 Å². The summed E-state index contributed by atoms with van der Waals surface area (Å²) in [5, 5.41) is 16.3. The van der Waals surface area contributed by atoms with Crippen LogP contribution in [0.1, 0.15) is 54.7 Å². The second kappa shape index (κ2) is 9.03. The van der Waals surface area contributed by atoms with E-state index in [1.54, 1.807) is 22.7 Å². The molecule has 3 heterocycles. The van der Waals surface area contributed by atoms with Gasteiger partial charge in [0.15, 0.2) is 0 Å². The van der Waals surface area contributed by atoms with Crippen LogP contribution < -0.4 is 5.32 Å². The smallest absolute Gasteiger partial charge is 0.257 e. The van der Waals surface area contributed by atoms with Crippen LogP contribution in [-0.4, -0.2) is 10.2 Å². The van der Waals surface area contributed by atoms with Crippen LogP contribution in [0.15, 0.2) is 63.7 Å². The van der Waals surface area contributed by atoms with Crippen molar-refractivity contribution in [2.75, 3.05) is 0 Å².